The molecule has 0 heterocycles. The quantitative estimate of drug-likeness (QED) is 0.865. The number of hydrogen-bond donors (Lipinski definition) is 2. The van der Waals surface area contributed by atoms with Crippen LogP contribution in [-0.2, 0) is 0 Å². The number of nitrogens with zero attached hydrogens (tertiary/aromatic N) is 1. The van der Waals surface area contributed by atoms with Crippen LogP contribution >= 0.6 is 0 Å². The van der Waals surface area contributed by atoms with Crippen molar-refractivity contribution in [1.82, 2.24) is 10.2 Å². The Hall–Kier alpha value is -1.55. The second kappa shape index (κ2) is 7.46. The van der Waals surface area contributed by atoms with Crippen LogP contribution in [0.5, 0.6) is 0 Å². The summed E-state index contributed by atoms with van der Waals surface area (Å²) in [7, 11) is 1.82. The van der Waals surface area contributed by atoms with Gasteiger partial charge in [0.1, 0.15) is 0 Å². The topological polar surface area (TPSA) is 44.4 Å². The lowest BCUT2D eigenvalue weighted by Crippen LogP contribution is -2.37. The summed E-state index contributed by atoms with van der Waals surface area (Å²) in [5.74, 6) is 0. The zero-order chi connectivity index (χ0) is 16.0. The molecule has 1 atom stereocenters. The molecule has 2 amide bonds. The Morgan fingerprint density at radius 3 is 2.29 bits per heavy atom. The Balaban J connectivity index is 2.61. The third-order valence-electron chi connectivity index (χ3n) is 3.23. The number of urea groups is 1. The van der Waals surface area contributed by atoms with Crippen molar-refractivity contribution in [1.29, 1.82) is 0 Å². The first kappa shape index (κ1) is 17.5. The van der Waals surface area contributed by atoms with E-state index in [0.29, 0.717) is 12.6 Å². The smallest absolute Gasteiger partial charge is 0.321 e. The van der Waals surface area contributed by atoms with E-state index in [1.807, 2.05) is 31.3 Å². The molecule has 4 heteroatoms. The Morgan fingerprint density at radius 2 is 1.81 bits per heavy atom. The van der Waals surface area contributed by atoms with Crippen molar-refractivity contribution in [2.24, 2.45) is 5.41 Å². The standard InChI is InChI=1S/C17H29N3O/c1-7-18-13(2)14-8-10-15(11-9-14)19-16(21)20(6)12-17(3,4)5/h8-11,13,18H,7,12H2,1-6H3,(H,19,21). The number of amides is 2. The van der Waals surface area contributed by atoms with Gasteiger partial charge in [0.25, 0.3) is 0 Å². The molecular weight excluding hydrogens is 262 g/mol. The molecule has 1 unspecified atom stereocenters. The lowest BCUT2D eigenvalue weighted by atomic mass is 9.96. The van der Waals surface area contributed by atoms with Gasteiger partial charge in [-0.25, -0.2) is 4.79 Å². The average Bonchev–Trinajstić information content (AvgIpc) is 2.37. The molecule has 1 aromatic carbocycles. The summed E-state index contributed by atoms with van der Waals surface area (Å²) in [6, 6.07) is 8.25. The fraction of sp³-hybridized carbons (Fsp3) is 0.588. The van der Waals surface area contributed by atoms with Crippen molar-refractivity contribution in [3.05, 3.63) is 29.8 Å². The van der Waals surface area contributed by atoms with Crippen LogP contribution in [0.15, 0.2) is 24.3 Å². The summed E-state index contributed by atoms with van der Waals surface area (Å²) in [4.78, 5) is 13.8. The third-order valence-corrected chi connectivity index (χ3v) is 3.23. The molecule has 0 aromatic heterocycles. The van der Waals surface area contributed by atoms with Gasteiger partial charge in [0, 0.05) is 25.3 Å². The first-order valence-electron chi connectivity index (χ1n) is 7.58. The molecule has 0 fully saturated rings. The second-order valence-corrected chi connectivity index (χ2v) is 6.75. The summed E-state index contributed by atoms with van der Waals surface area (Å²) < 4.78 is 0. The van der Waals surface area contributed by atoms with Crippen molar-refractivity contribution in [2.45, 2.75) is 40.7 Å². The fourth-order valence-electron chi connectivity index (χ4n) is 2.28. The third kappa shape index (κ3) is 6.17. The molecule has 1 aromatic rings. The molecule has 0 aliphatic heterocycles. The molecule has 0 radical (unpaired) electrons. The molecule has 2 N–H and O–H groups in total. The summed E-state index contributed by atoms with van der Waals surface area (Å²) >= 11 is 0. The minimum atomic E-state index is -0.0718. The van der Waals surface area contributed by atoms with Gasteiger partial charge in [-0.05, 0) is 36.6 Å². The van der Waals surface area contributed by atoms with Gasteiger partial charge in [-0.3, -0.25) is 0 Å². The van der Waals surface area contributed by atoms with Crippen molar-refractivity contribution in [3.8, 4) is 0 Å². The van der Waals surface area contributed by atoms with Crippen LogP contribution in [0.2, 0.25) is 0 Å². The van der Waals surface area contributed by atoms with Gasteiger partial charge < -0.3 is 15.5 Å². The number of hydrogen-bond acceptors (Lipinski definition) is 2. The van der Waals surface area contributed by atoms with E-state index in [-0.39, 0.29) is 11.4 Å². The summed E-state index contributed by atoms with van der Waals surface area (Å²) in [6.07, 6.45) is 0. The number of nitrogens with one attached hydrogen (secondary N) is 2. The monoisotopic (exact) mass is 291 g/mol. The molecule has 4 nitrogen and oxygen atoms in total. The van der Waals surface area contributed by atoms with Gasteiger partial charge in [0.15, 0.2) is 0 Å². The van der Waals surface area contributed by atoms with Crippen molar-refractivity contribution in [2.75, 3.05) is 25.5 Å². The Bertz CT molecular complexity index is 448. The van der Waals surface area contributed by atoms with E-state index in [2.05, 4.69) is 45.3 Å². The number of carbonyl (C=O) groups is 1. The van der Waals surface area contributed by atoms with Crippen molar-refractivity contribution >= 4 is 11.7 Å². The number of anilines is 1. The van der Waals surface area contributed by atoms with E-state index in [1.165, 1.54) is 5.56 Å². The molecule has 1 rings (SSSR count). The SMILES string of the molecule is CCNC(C)c1ccc(NC(=O)N(C)CC(C)(C)C)cc1. The minimum Gasteiger partial charge on any atom is -0.327 e. The van der Waals surface area contributed by atoms with Crippen LogP contribution in [0.3, 0.4) is 0 Å². The van der Waals surface area contributed by atoms with Gasteiger partial charge in [0.05, 0.1) is 0 Å². The van der Waals surface area contributed by atoms with E-state index in [9.17, 15) is 4.79 Å². The van der Waals surface area contributed by atoms with Crippen LogP contribution in [0.1, 0.15) is 46.2 Å². The zero-order valence-electron chi connectivity index (χ0n) is 14.2. The van der Waals surface area contributed by atoms with Crippen molar-refractivity contribution < 1.29 is 4.79 Å². The Kier molecular flexibility index (Phi) is 6.21. The van der Waals surface area contributed by atoms with Crippen molar-refractivity contribution in [3.63, 3.8) is 0 Å². The van der Waals surface area contributed by atoms with Crippen LogP contribution < -0.4 is 10.6 Å². The van der Waals surface area contributed by atoms with E-state index in [0.717, 1.165) is 12.2 Å². The van der Waals surface area contributed by atoms with Gasteiger partial charge >= 0.3 is 6.03 Å². The van der Waals surface area contributed by atoms with Gasteiger partial charge in [-0.2, -0.15) is 0 Å². The molecule has 0 bridgehead atoms. The molecule has 0 saturated carbocycles. The molecule has 0 spiro atoms. The Morgan fingerprint density at radius 1 is 1.24 bits per heavy atom. The van der Waals surface area contributed by atoms with Crippen LogP contribution in [0.25, 0.3) is 0 Å². The number of carbonyl (C=O) groups excluding carboxylic acids is 1. The molecular formula is C17H29N3O. The van der Waals surface area contributed by atoms with Crippen LogP contribution in [0.4, 0.5) is 10.5 Å². The zero-order valence-corrected chi connectivity index (χ0v) is 14.2. The highest BCUT2D eigenvalue weighted by Gasteiger charge is 2.17. The number of rotatable bonds is 5. The molecule has 21 heavy (non-hydrogen) atoms. The van der Waals surface area contributed by atoms with E-state index in [1.54, 1.807) is 4.90 Å². The van der Waals surface area contributed by atoms with Crippen LogP contribution in [-0.4, -0.2) is 31.1 Å². The highest BCUT2D eigenvalue weighted by molar-refractivity contribution is 5.89. The predicted octanol–water partition coefficient (Wildman–Crippen LogP) is 3.87. The normalized spacial score (nSPS) is 12.9. The summed E-state index contributed by atoms with van der Waals surface area (Å²) in [5.41, 5.74) is 2.14. The van der Waals surface area contributed by atoms with Gasteiger partial charge in [-0.1, -0.05) is 39.8 Å². The second-order valence-electron chi connectivity index (χ2n) is 6.75. The van der Waals surface area contributed by atoms with Crippen LogP contribution in [0, 0.1) is 5.41 Å². The average molecular weight is 291 g/mol. The summed E-state index contributed by atoms with van der Waals surface area (Å²) in [5, 5.41) is 6.30. The van der Waals surface area contributed by atoms with E-state index < -0.39 is 0 Å². The number of benzene rings is 1. The highest BCUT2D eigenvalue weighted by atomic mass is 16.2. The lowest BCUT2D eigenvalue weighted by molar-refractivity contribution is 0.201. The lowest BCUT2D eigenvalue weighted by Gasteiger charge is -2.26. The van der Waals surface area contributed by atoms with E-state index in [4.69, 9.17) is 0 Å². The molecule has 0 saturated heterocycles. The fourth-order valence-corrected chi connectivity index (χ4v) is 2.28. The Labute approximate surface area is 128 Å². The summed E-state index contributed by atoms with van der Waals surface area (Å²) in [6.45, 7) is 12.2. The maximum Gasteiger partial charge on any atom is 0.321 e. The molecule has 118 valence electrons. The largest absolute Gasteiger partial charge is 0.327 e. The maximum absolute atomic E-state index is 12.1. The first-order chi connectivity index (χ1) is 9.73. The first-order valence-corrected chi connectivity index (χ1v) is 7.58. The highest BCUT2D eigenvalue weighted by Crippen LogP contribution is 2.17. The van der Waals surface area contributed by atoms with E-state index >= 15 is 0 Å². The molecule has 0 aliphatic rings. The minimum absolute atomic E-state index is 0.0718. The van der Waals surface area contributed by atoms with Gasteiger partial charge in [-0.15, -0.1) is 0 Å². The predicted molar refractivity (Wildman–Crippen MR) is 89.6 cm³/mol. The molecule has 0 aliphatic carbocycles. The maximum atomic E-state index is 12.1. The van der Waals surface area contributed by atoms with Gasteiger partial charge in [0.2, 0.25) is 0 Å².